The molecule has 0 atom stereocenters. The minimum absolute atomic E-state index is 1.05. The first-order chi connectivity index (χ1) is 10.4. The van der Waals surface area contributed by atoms with Crippen LogP contribution in [0.1, 0.15) is 10.6 Å². The molecule has 0 aliphatic carbocycles. The molecule has 0 spiro atoms. The fraction of sp³-hybridized carbons (Fsp3) is 0.118. The summed E-state index contributed by atoms with van der Waals surface area (Å²) < 4.78 is 2.33. The maximum Gasteiger partial charge on any atom is 0.169 e. The summed E-state index contributed by atoms with van der Waals surface area (Å²) in [5.41, 5.74) is 3.49. The van der Waals surface area contributed by atoms with Crippen molar-refractivity contribution in [2.75, 3.05) is 5.75 Å². The van der Waals surface area contributed by atoms with E-state index in [4.69, 9.17) is 4.98 Å². The van der Waals surface area contributed by atoms with Gasteiger partial charge in [0.25, 0.3) is 0 Å². The molecule has 104 valence electrons. The van der Waals surface area contributed by atoms with Crippen LogP contribution in [-0.4, -0.2) is 15.3 Å². The van der Waals surface area contributed by atoms with Crippen molar-refractivity contribution in [2.45, 2.75) is 11.7 Å². The van der Waals surface area contributed by atoms with Gasteiger partial charge in [-0.3, -0.25) is 0 Å². The number of benzene rings is 1. The number of hydrogen-bond acceptors (Lipinski definition) is 3. The van der Waals surface area contributed by atoms with Gasteiger partial charge >= 0.3 is 0 Å². The van der Waals surface area contributed by atoms with Gasteiger partial charge in [0.15, 0.2) is 5.16 Å². The summed E-state index contributed by atoms with van der Waals surface area (Å²) in [5.74, 6) is 1.12. The largest absolute Gasteiger partial charge is 0.318 e. The van der Waals surface area contributed by atoms with Crippen LogP contribution in [-0.2, 0) is 6.54 Å². The van der Waals surface area contributed by atoms with Crippen LogP contribution < -0.4 is 0 Å². The lowest BCUT2D eigenvalue weighted by Gasteiger charge is -2.03. The van der Waals surface area contributed by atoms with Gasteiger partial charge in [0.1, 0.15) is 0 Å². The van der Waals surface area contributed by atoms with E-state index in [1.54, 1.807) is 11.3 Å². The lowest BCUT2D eigenvalue weighted by Crippen LogP contribution is -1.96. The molecule has 0 saturated carbocycles. The Balaban J connectivity index is 1.81. The van der Waals surface area contributed by atoms with Crippen molar-refractivity contribution in [3.05, 3.63) is 58.4 Å². The second-order valence-corrected chi connectivity index (χ2v) is 6.88. The molecule has 21 heavy (non-hydrogen) atoms. The summed E-state index contributed by atoms with van der Waals surface area (Å²) in [4.78, 5) is 6.11. The average Bonchev–Trinajstić information content (AvgIpc) is 3.23. The summed E-state index contributed by atoms with van der Waals surface area (Å²) in [5, 5.41) is 3.24. The number of imidazole rings is 1. The highest BCUT2D eigenvalue weighted by Crippen LogP contribution is 2.34. The second-order valence-electron chi connectivity index (χ2n) is 4.84. The molecule has 4 heteroatoms. The molecule has 0 amide bonds. The Bertz CT molecular complexity index is 771. The number of aromatic nitrogens is 2. The molecular formula is C17H14N2S2. The van der Waals surface area contributed by atoms with E-state index in [-0.39, 0.29) is 0 Å². The van der Waals surface area contributed by atoms with Gasteiger partial charge in [0.2, 0.25) is 0 Å². The van der Waals surface area contributed by atoms with Crippen molar-refractivity contribution >= 4 is 35.3 Å². The molecule has 3 heterocycles. The Morgan fingerprint density at radius 3 is 2.76 bits per heavy atom. The molecule has 0 N–H and O–H groups in total. The van der Waals surface area contributed by atoms with Gasteiger partial charge in [0.05, 0.1) is 11.4 Å². The molecule has 1 aromatic carbocycles. The van der Waals surface area contributed by atoms with Crippen LogP contribution in [0.25, 0.3) is 23.4 Å². The van der Waals surface area contributed by atoms with E-state index < -0.39 is 0 Å². The predicted octanol–water partition coefficient (Wildman–Crippen LogP) is 4.89. The van der Waals surface area contributed by atoms with Crippen molar-refractivity contribution in [2.24, 2.45) is 0 Å². The Labute approximate surface area is 132 Å². The summed E-state index contributed by atoms with van der Waals surface area (Å²) >= 11 is 3.60. The Hall–Kier alpha value is -1.78. The topological polar surface area (TPSA) is 17.8 Å². The fourth-order valence-electron chi connectivity index (χ4n) is 2.52. The van der Waals surface area contributed by atoms with Crippen molar-refractivity contribution in [3.8, 4) is 11.3 Å². The molecule has 0 fully saturated rings. The SMILES string of the molecule is C(=C\c1c(-c2ccccc2)nc2n1CCS2)/c1cccs1. The summed E-state index contributed by atoms with van der Waals surface area (Å²) in [6.07, 6.45) is 4.39. The van der Waals surface area contributed by atoms with Gasteiger partial charge in [-0.05, 0) is 23.6 Å². The molecule has 2 aromatic heterocycles. The smallest absolute Gasteiger partial charge is 0.169 e. The summed E-state index contributed by atoms with van der Waals surface area (Å²) in [6.45, 7) is 1.05. The molecule has 0 saturated heterocycles. The number of thioether (sulfide) groups is 1. The molecular weight excluding hydrogens is 296 g/mol. The van der Waals surface area contributed by atoms with Crippen LogP contribution in [0.2, 0.25) is 0 Å². The monoisotopic (exact) mass is 310 g/mol. The molecule has 1 aliphatic heterocycles. The third-order valence-corrected chi connectivity index (χ3v) is 5.31. The standard InChI is InChI=1S/C17H14N2S2/c1-2-5-13(6-3-1)16-15(9-8-14-7-4-11-20-14)19-10-12-21-17(19)18-16/h1-9,11H,10,12H2/b9-8+. The second kappa shape index (κ2) is 5.54. The van der Waals surface area contributed by atoms with Crippen LogP contribution in [0.4, 0.5) is 0 Å². The molecule has 0 unspecified atom stereocenters. The molecule has 3 aromatic rings. The van der Waals surface area contributed by atoms with Gasteiger partial charge in [-0.25, -0.2) is 4.98 Å². The summed E-state index contributed by atoms with van der Waals surface area (Å²) in [6, 6.07) is 14.7. The zero-order valence-corrected chi connectivity index (χ0v) is 13.0. The van der Waals surface area contributed by atoms with E-state index in [0.29, 0.717) is 0 Å². The molecule has 1 aliphatic rings. The Morgan fingerprint density at radius 2 is 1.95 bits per heavy atom. The van der Waals surface area contributed by atoms with E-state index in [9.17, 15) is 0 Å². The van der Waals surface area contributed by atoms with Crippen LogP contribution in [0.15, 0.2) is 53.0 Å². The van der Waals surface area contributed by atoms with Crippen molar-refractivity contribution < 1.29 is 0 Å². The van der Waals surface area contributed by atoms with E-state index in [0.717, 1.165) is 23.1 Å². The first kappa shape index (κ1) is 12.9. The molecule has 2 nitrogen and oxygen atoms in total. The summed E-state index contributed by atoms with van der Waals surface area (Å²) in [7, 11) is 0. The third-order valence-electron chi connectivity index (χ3n) is 3.51. The van der Waals surface area contributed by atoms with E-state index in [1.165, 1.54) is 16.1 Å². The minimum atomic E-state index is 1.05. The Morgan fingerprint density at radius 1 is 1.05 bits per heavy atom. The van der Waals surface area contributed by atoms with Crippen LogP contribution in [0, 0.1) is 0 Å². The highest BCUT2D eigenvalue weighted by Gasteiger charge is 2.20. The average molecular weight is 310 g/mol. The van der Waals surface area contributed by atoms with Crippen molar-refractivity contribution in [1.29, 1.82) is 0 Å². The highest BCUT2D eigenvalue weighted by molar-refractivity contribution is 7.99. The molecule has 0 radical (unpaired) electrons. The third kappa shape index (κ3) is 2.45. The number of thiophene rings is 1. The quantitative estimate of drug-likeness (QED) is 0.685. The van der Waals surface area contributed by atoms with Gasteiger partial charge < -0.3 is 4.57 Å². The first-order valence-corrected chi connectivity index (χ1v) is 8.79. The van der Waals surface area contributed by atoms with Gasteiger partial charge in [-0.2, -0.15) is 0 Å². The van der Waals surface area contributed by atoms with Crippen molar-refractivity contribution in [3.63, 3.8) is 0 Å². The van der Waals surface area contributed by atoms with Crippen LogP contribution >= 0.6 is 23.1 Å². The maximum atomic E-state index is 4.84. The number of rotatable bonds is 3. The lowest BCUT2D eigenvalue weighted by atomic mass is 10.1. The highest BCUT2D eigenvalue weighted by atomic mass is 32.2. The van der Waals surface area contributed by atoms with E-state index >= 15 is 0 Å². The normalized spacial score (nSPS) is 13.9. The Kier molecular flexibility index (Phi) is 3.41. The first-order valence-electron chi connectivity index (χ1n) is 6.92. The maximum absolute atomic E-state index is 4.84. The number of nitrogens with zero attached hydrogens (tertiary/aromatic N) is 2. The molecule has 0 bridgehead atoms. The minimum Gasteiger partial charge on any atom is -0.318 e. The lowest BCUT2D eigenvalue weighted by molar-refractivity contribution is 0.713. The predicted molar refractivity (Wildman–Crippen MR) is 91.6 cm³/mol. The van der Waals surface area contributed by atoms with Gasteiger partial charge in [0, 0.05) is 22.7 Å². The zero-order valence-electron chi connectivity index (χ0n) is 11.4. The zero-order chi connectivity index (χ0) is 14.1. The van der Waals surface area contributed by atoms with E-state index in [2.05, 4.69) is 58.5 Å². The number of hydrogen-bond donors (Lipinski definition) is 0. The number of fused-ring (bicyclic) bond motifs is 1. The molecule has 4 rings (SSSR count). The van der Waals surface area contributed by atoms with Gasteiger partial charge in [-0.15, -0.1) is 11.3 Å². The van der Waals surface area contributed by atoms with Crippen LogP contribution in [0.3, 0.4) is 0 Å². The van der Waals surface area contributed by atoms with Gasteiger partial charge in [-0.1, -0.05) is 48.2 Å². The van der Waals surface area contributed by atoms with E-state index in [1.807, 2.05) is 17.8 Å². The van der Waals surface area contributed by atoms with Crippen LogP contribution in [0.5, 0.6) is 0 Å². The fourth-order valence-corrected chi connectivity index (χ4v) is 4.10. The van der Waals surface area contributed by atoms with Crippen molar-refractivity contribution in [1.82, 2.24) is 9.55 Å².